The normalized spacial score (nSPS) is 14.4. The van der Waals surface area contributed by atoms with E-state index in [4.69, 9.17) is 10.5 Å². The molecule has 1 amide bonds. The van der Waals surface area contributed by atoms with Crippen molar-refractivity contribution in [2.75, 3.05) is 13.1 Å². The number of carbonyl (C=O) groups excluding carboxylic acids is 1. The maximum Gasteiger partial charge on any atom is 0.407 e. The van der Waals surface area contributed by atoms with Crippen LogP contribution in [0, 0.1) is 12.3 Å². The van der Waals surface area contributed by atoms with E-state index in [1.165, 1.54) is 11.1 Å². The van der Waals surface area contributed by atoms with E-state index in [1.807, 2.05) is 26.8 Å². The van der Waals surface area contributed by atoms with E-state index in [2.05, 4.69) is 37.4 Å². The third-order valence-electron chi connectivity index (χ3n) is 3.26. The van der Waals surface area contributed by atoms with Crippen molar-refractivity contribution in [1.82, 2.24) is 5.32 Å². The fourth-order valence-corrected chi connectivity index (χ4v) is 2.12. The SMILES string of the molecule is Cc1cccc(CC(C)(CN)CNC(=O)OC(C)(C)C)c1. The van der Waals surface area contributed by atoms with Crippen LogP contribution < -0.4 is 11.1 Å². The average Bonchev–Trinajstić information content (AvgIpc) is 2.34. The van der Waals surface area contributed by atoms with Gasteiger partial charge >= 0.3 is 6.09 Å². The number of amides is 1. The molecule has 0 aliphatic carbocycles. The Balaban J connectivity index is 2.62. The summed E-state index contributed by atoms with van der Waals surface area (Å²) in [6, 6.07) is 8.36. The summed E-state index contributed by atoms with van der Waals surface area (Å²) < 4.78 is 5.26. The zero-order valence-corrected chi connectivity index (χ0v) is 13.8. The summed E-state index contributed by atoms with van der Waals surface area (Å²) in [4.78, 5) is 11.8. The largest absolute Gasteiger partial charge is 0.444 e. The molecule has 0 fully saturated rings. The van der Waals surface area contributed by atoms with Gasteiger partial charge in [0.2, 0.25) is 0 Å². The number of hydrogen-bond donors (Lipinski definition) is 2. The molecule has 21 heavy (non-hydrogen) atoms. The van der Waals surface area contributed by atoms with Gasteiger partial charge in [0.05, 0.1) is 0 Å². The van der Waals surface area contributed by atoms with Crippen molar-refractivity contribution in [3.05, 3.63) is 35.4 Å². The number of nitrogens with two attached hydrogens (primary N) is 1. The molecule has 118 valence electrons. The first-order chi connectivity index (χ1) is 9.63. The van der Waals surface area contributed by atoms with E-state index in [0.29, 0.717) is 13.1 Å². The lowest BCUT2D eigenvalue weighted by Crippen LogP contribution is -2.43. The van der Waals surface area contributed by atoms with Crippen LogP contribution in [-0.2, 0) is 11.2 Å². The van der Waals surface area contributed by atoms with Crippen LogP contribution in [-0.4, -0.2) is 24.8 Å². The Labute approximate surface area is 128 Å². The summed E-state index contributed by atoms with van der Waals surface area (Å²) in [6.07, 6.45) is 0.424. The number of alkyl carbamates (subject to hydrolysis) is 1. The predicted molar refractivity (Wildman–Crippen MR) is 86.3 cm³/mol. The van der Waals surface area contributed by atoms with E-state index in [0.717, 1.165) is 6.42 Å². The van der Waals surface area contributed by atoms with Crippen molar-refractivity contribution in [2.24, 2.45) is 11.1 Å². The standard InChI is InChI=1S/C17H28N2O2/c1-13-7-6-8-14(9-13)10-17(5,11-18)12-19-15(20)21-16(2,3)4/h6-9H,10-12,18H2,1-5H3,(H,19,20). The minimum atomic E-state index is -0.486. The Morgan fingerprint density at radius 3 is 2.48 bits per heavy atom. The molecule has 1 atom stereocenters. The number of carbonyl (C=O) groups is 1. The van der Waals surface area contributed by atoms with E-state index in [-0.39, 0.29) is 5.41 Å². The third-order valence-corrected chi connectivity index (χ3v) is 3.26. The van der Waals surface area contributed by atoms with Gasteiger partial charge in [0.15, 0.2) is 0 Å². The van der Waals surface area contributed by atoms with E-state index in [9.17, 15) is 4.79 Å². The topological polar surface area (TPSA) is 64.3 Å². The minimum Gasteiger partial charge on any atom is -0.444 e. The molecule has 0 aliphatic heterocycles. The first-order valence-corrected chi connectivity index (χ1v) is 7.36. The van der Waals surface area contributed by atoms with Gasteiger partial charge in [-0.1, -0.05) is 36.8 Å². The summed E-state index contributed by atoms with van der Waals surface area (Å²) in [5.41, 5.74) is 7.70. The van der Waals surface area contributed by atoms with Crippen LogP contribution >= 0.6 is 0 Å². The Morgan fingerprint density at radius 2 is 1.95 bits per heavy atom. The molecule has 0 radical (unpaired) electrons. The Bertz CT molecular complexity index is 480. The van der Waals surface area contributed by atoms with Gasteiger partial charge in [0.25, 0.3) is 0 Å². The second kappa shape index (κ2) is 6.94. The van der Waals surface area contributed by atoms with Gasteiger partial charge < -0.3 is 15.8 Å². The van der Waals surface area contributed by atoms with Crippen molar-refractivity contribution in [2.45, 2.75) is 46.6 Å². The second-order valence-corrected chi connectivity index (χ2v) is 7.04. The van der Waals surface area contributed by atoms with Crippen molar-refractivity contribution in [1.29, 1.82) is 0 Å². The quantitative estimate of drug-likeness (QED) is 0.876. The Kier molecular flexibility index (Phi) is 5.78. The van der Waals surface area contributed by atoms with Crippen molar-refractivity contribution in [3.8, 4) is 0 Å². The molecule has 1 aromatic rings. The molecular formula is C17H28N2O2. The number of benzene rings is 1. The fourth-order valence-electron chi connectivity index (χ4n) is 2.12. The first-order valence-electron chi connectivity index (χ1n) is 7.36. The lowest BCUT2D eigenvalue weighted by molar-refractivity contribution is 0.0504. The number of aryl methyl sites for hydroxylation is 1. The molecule has 0 saturated heterocycles. The highest BCUT2D eigenvalue weighted by molar-refractivity contribution is 5.67. The van der Waals surface area contributed by atoms with Crippen LogP contribution in [0.1, 0.15) is 38.8 Å². The monoisotopic (exact) mass is 292 g/mol. The van der Waals surface area contributed by atoms with Gasteiger partial charge in [0.1, 0.15) is 5.60 Å². The van der Waals surface area contributed by atoms with Crippen LogP contribution in [0.15, 0.2) is 24.3 Å². The highest BCUT2D eigenvalue weighted by Gasteiger charge is 2.25. The van der Waals surface area contributed by atoms with Crippen molar-refractivity contribution < 1.29 is 9.53 Å². The number of nitrogens with one attached hydrogen (secondary N) is 1. The molecular weight excluding hydrogens is 264 g/mol. The molecule has 1 rings (SSSR count). The molecule has 0 saturated carbocycles. The molecule has 0 bridgehead atoms. The first kappa shape index (κ1) is 17.5. The van der Waals surface area contributed by atoms with Gasteiger partial charge in [-0.3, -0.25) is 0 Å². The summed E-state index contributed by atoms with van der Waals surface area (Å²) in [5, 5.41) is 2.82. The minimum absolute atomic E-state index is 0.190. The lowest BCUT2D eigenvalue weighted by Gasteiger charge is -2.29. The van der Waals surface area contributed by atoms with Gasteiger partial charge in [-0.15, -0.1) is 0 Å². The van der Waals surface area contributed by atoms with Gasteiger partial charge in [-0.2, -0.15) is 0 Å². The zero-order chi connectivity index (χ0) is 16.1. The Morgan fingerprint density at radius 1 is 1.29 bits per heavy atom. The lowest BCUT2D eigenvalue weighted by atomic mass is 9.83. The van der Waals surface area contributed by atoms with E-state index in [1.54, 1.807) is 0 Å². The highest BCUT2D eigenvalue weighted by atomic mass is 16.6. The van der Waals surface area contributed by atoms with Crippen molar-refractivity contribution in [3.63, 3.8) is 0 Å². The number of ether oxygens (including phenoxy) is 1. The molecule has 4 nitrogen and oxygen atoms in total. The van der Waals surface area contributed by atoms with Gasteiger partial charge in [0, 0.05) is 12.0 Å². The van der Waals surface area contributed by atoms with Crippen LogP contribution in [0.2, 0.25) is 0 Å². The number of hydrogen-bond acceptors (Lipinski definition) is 3. The molecule has 3 N–H and O–H groups in total. The summed E-state index contributed by atoms with van der Waals surface area (Å²) in [5.74, 6) is 0. The third kappa shape index (κ3) is 6.63. The molecule has 0 heterocycles. The Hall–Kier alpha value is -1.55. The molecule has 0 aliphatic rings. The van der Waals surface area contributed by atoms with Crippen LogP contribution in [0.3, 0.4) is 0 Å². The molecule has 0 spiro atoms. The number of rotatable bonds is 5. The predicted octanol–water partition coefficient (Wildman–Crippen LogP) is 3.03. The van der Waals surface area contributed by atoms with Crippen LogP contribution in [0.4, 0.5) is 4.79 Å². The van der Waals surface area contributed by atoms with E-state index < -0.39 is 11.7 Å². The van der Waals surface area contributed by atoms with E-state index >= 15 is 0 Å². The molecule has 1 aromatic carbocycles. The van der Waals surface area contributed by atoms with Gasteiger partial charge in [-0.05, 0) is 46.2 Å². The average molecular weight is 292 g/mol. The van der Waals surface area contributed by atoms with Gasteiger partial charge in [-0.25, -0.2) is 4.79 Å². The molecule has 4 heteroatoms. The summed E-state index contributed by atoms with van der Waals surface area (Å²) >= 11 is 0. The second-order valence-electron chi connectivity index (χ2n) is 7.04. The summed E-state index contributed by atoms with van der Waals surface area (Å²) in [6.45, 7) is 10.7. The van der Waals surface area contributed by atoms with Crippen LogP contribution in [0.25, 0.3) is 0 Å². The smallest absolute Gasteiger partial charge is 0.407 e. The zero-order valence-electron chi connectivity index (χ0n) is 13.8. The fraction of sp³-hybridized carbons (Fsp3) is 0.588. The van der Waals surface area contributed by atoms with Crippen LogP contribution in [0.5, 0.6) is 0 Å². The maximum atomic E-state index is 11.8. The molecule has 1 unspecified atom stereocenters. The maximum absolute atomic E-state index is 11.8. The molecule has 0 aromatic heterocycles. The van der Waals surface area contributed by atoms with Crippen molar-refractivity contribution >= 4 is 6.09 Å². The highest BCUT2D eigenvalue weighted by Crippen LogP contribution is 2.21. The summed E-state index contributed by atoms with van der Waals surface area (Å²) in [7, 11) is 0.